The van der Waals surface area contributed by atoms with E-state index >= 15 is 0 Å². The summed E-state index contributed by atoms with van der Waals surface area (Å²) in [5, 5.41) is 4.01. The molecule has 1 N–H and O–H groups in total. The molecule has 4 nitrogen and oxygen atoms in total. The van der Waals surface area contributed by atoms with Gasteiger partial charge in [-0.2, -0.15) is 0 Å². The smallest absolute Gasteiger partial charge is 0.232 e. The van der Waals surface area contributed by atoms with Crippen molar-refractivity contribution in [1.29, 1.82) is 0 Å². The molecule has 5 heteroatoms. The van der Waals surface area contributed by atoms with Crippen LogP contribution in [0.3, 0.4) is 0 Å². The maximum absolute atomic E-state index is 5.84. The SMILES string of the molecule is CC(C)NCc1cncc(OCc2ccc(Cl)cc2)n1. The highest BCUT2D eigenvalue weighted by Crippen LogP contribution is 2.12. The maximum atomic E-state index is 5.84. The third-order valence-electron chi connectivity index (χ3n) is 2.65. The average molecular weight is 292 g/mol. The summed E-state index contributed by atoms with van der Waals surface area (Å²) >= 11 is 5.84. The van der Waals surface area contributed by atoms with Crippen molar-refractivity contribution in [3.05, 3.63) is 52.9 Å². The lowest BCUT2D eigenvalue weighted by atomic mass is 10.2. The highest BCUT2D eigenvalue weighted by molar-refractivity contribution is 6.30. The monoisotopic (exact) mass is 291 g/mol. The molecule has 0 bridgehead atoms. The number of hydrogen-bond acceptors (Lipinski definition) is 4. The Morgan fingerprint density at radius 3 is 2.65 bits per heavy atom. The Bertz CT molecular complexity index is 543. The molecule has 0 aliphatic rings. The van der Waals surface area contributed by atoms with Gasteiger partial charge in [0.15, 0.2) is 0 Å². The van der Waals surface area contributed by atoms with Crippen LogP contribution in [-0.4, -0.2) is 16.0 Å². The second-order valence-electron chi connectivity index (χ2n) is 4.80. The van der Waals surface area contributed by atoms with Crippen LogP contribution in [0.4, 0.5) is 0 Å². The van der Waals surface area contributed by atoms with E-state index < -0.39 is 0 Å². The van der Waals surface area contributed by atoms with E-state index in [0.717, 1.165) is 16.3 Å². The first-order chi connectivity index (χ1) is 9.63. The first kappa shape index (κ1) is 14.8. The third-order valence-corrected chi connectivity index (χ3v) is 2.91. The first-order valence-corrected chi connectivity index (χ1v) is 6.93. The molecule has 0 amide bonds. The van der Waals surface area contributed by atoms with Gasteiger partial charge in [-0.1, -0.05) is 37.6 Å². The lowest BCUT2D eigenvalue weighted by molar-refractivity contribution is 0.291. The van der Waals surface area contributed by atoms with Gasteiger partial charge in [-0.15, -0.1) is 0 Å². The van der Waals surface area contributed by atoms with Gasteiger partial charge in [0.2, 0.25) is 5.88 Å². The van der Waals surface area contributed by atoms with Crippen molar-refractivity contribution in [2.45, 2.75) is 33.0 Å². The van der Waals surface area contributed by atoms with Crippen molar-refractivity contribution in [3.63, 3.8) is 0 Å². The fourth-order valence-corrected chi connectivity index (χ4v) is 1.71. The fourth-order valence-electron chi connectivity index (χ4n) is 1.59. The summed E-state index contributed by atoms with van der Waals surface area (Å²) < 4.78 is 5.63. The Labute approximate surface area is 124 Å². The molecular formula is C15H18ClN3O. The van der Waals surface area contributed by atoms with Crippen LogP contribution < -0.4 is 10.1 Å². The van der Waals surface area contributed by atoms with E-state index in [2.05, 4.69) is 29.1 Å². The molecule has 2 aromatic rings. The molecule has 0 aliphatic heterocycles. The summed E-state index contributed by atoms with van der Waals surface area (Å²) in [5.74, 6) is 0.531. The quantitative estimate of drug-likeness (QED) is 0.888. The highest BCUT2D eigenvalue weighted by atomic mass is 35.5. The fraction of sp³-hybridized carbons (Fsp3) is 0.333. The Hall–Kier alpha value is -1.65. The summed E-state index contributed by atoms with van der Waals surface area (Å²) in [7, 11) is 0. The second kappa shape index (κ2) is 7.22. The summed E-state index contributed by atoms with van der Waals surface area (Å²) in [5.41, 5.74) is 1.91. The highest BCUT2D eigenvalue weighted by Gasteiger charge is 2.02. The van der Waals surface area contributed by atoms with Gasteiger partial charge in [0.25, 0.3) is 0 Å². The second-order valence-corrected chi connectivity index (χ2v) is 5.24. The zero-order chi connectivity index (χ0) is 14.4. The number of ether oxygens (including phenoxy) is 1. The Morgan fingerprint density at radius 1 is 1.20 bits per heavy atom. The van der Waals surface area contributed by atoms with E-state index in [-0.39, 0.29) is 0 Å². The van der Waals surface area contributed by atoms with Gasteiger partial charge in [-0.05, 0) is 17.7 Å². The number of benzene rings is 1. The molecule has 0 fully saturated rings. The van der Waals surface area contributed by atoms with Crippen LogP contribution in [0, 0.1) is 0 Å². The van der Waals surface area contributed by atoms with Gasteiger partial charge in [0.05, 0.1) is 11.9 Å². The molecule has 20 heavy (non-hydrogen) atoms. The molecule has 0 saturated heterocycles. The van der Waals surface area contributed by atoms with Crippen molar-refractivity contribution >= 4 is 11.6 Å². The normalized spacial score (nSPS) is 10.8. The van der Waals surface area contributed by atoms with E-state index in [4.69, 9.17) is 16.3 Å². The molecule has 106 valence electrons. The zero-order valence-electron chi connectivity index (χ0n) is 11.6. The summed E-state index contributed by atoms with van der Waals surface area (Å²) in [6, 6.07) is 7.96. The van der Waals surface area contributed by atoms with Gasteiger partial charge in [-0.25, -0.2) is 4.98 Å². The standard InChI is InChI=1S/C15H18ClN3O/c1-11(2)18-8-14-7-17-9-15(19-14)20-10-12-3-5-13(16)6-4-12/h3-7,9,11,18H,8,10H2,1-2H3. The number of nitrogens with one attached hydrogen (secondary N) is 1. The van der Waals surface area contributed by atoms with Crippen molar-refractivity contribution in [1.82, 2.24) is 15.3 Å². The van der Waals surface area contributed by atoms with Crippen molar-refractivity contribution < 1.29 is 4.74 Å². The molecule has 0 aliphatic carbocycles. The van der Waals surface area contributed by atoms with Gasteiger partial charge >= 0.3 is 0 Å². The minimum atomic E-state index is 0.412. The molecule has 1 heterocycles. The molecule has 0 atom stereocenters. The zero-order valence-corrected chi connectivity index (χ0v) is 12.4. The molecule has 2 rings (SSSR count). The van der Waals surface area contributed by atoms with Crippen LogP contribution in [0.15, 0.2) is 36.7 Å². The first-order valence-electron chi connectivity index (χ1n) is 6.55. The molecule has 0 spiro atoms. The van der Waals surface area contributed by atoms with Gasteiger partial charge in [-0.3, -0.25) is 4.98 Å². The minimum absolute atomic E-state index is 0.412. The molecule has 0 unspecified atom stereocenters. The van der Waals surface area contributed by atoms with Crippen LogP contribution in [0.1, 0.15) is 25.1 Å². The molecule has 0 radical (unpaired) electrons. The lowest BCUT2D eigenvalue weighted by Crippen LogP contribution is -2.22. The predicted molar refractivity (Wildman–Crippen MR) is 79.8 cm³/mol. The third kappa shape index (κ3) is 4.79. The van der Waals surface area contributed by atoms with E-state index in [9.17, 15) is 0 Å². The minimum Gasteiger partial charge on any atom is -0.472 e. The molecule has 0 saturated carbocycles. The maximum Gasteiger partial charge on any atom is 0.232 e. The number of aromatic nitrogens is 2. The summed E-state index contributed by atoms with van der Waals surface area (Å²) in [4.78, 5) is 8.54. The number of hydrogen-bond donors (Lipinski definition) is 1. The molecular weight excluding hydrogens is 274 g/mol. The number of nitrogens with zero attached hydrogens (tertiary/aromatic N) is 2. The Kier molecular flexibility index (Phi) is 5.32. The molecule has 1 aromatic carbocycles. The van der Waals surface area contributed by atoms with Crippen LogP contribution in [0.2, 0.25) is 5.02 Å². The largest absolute Gasteiger partial charge is 0.472 e. The summed E-state index contributed by atoms with van der Waals surface area (Å²) in [6.45, 7) is 5.32. The van der Waals surface area contributed by atoms with E-state index in [1.807, 2.05) is 24.3 Å². The number of halogens is 1. The lowest BCUT2D eigenvalue weighted by Gasteiger charge is -2.09. The van der Waals surface area contributed by atoms with Crippen LogP contribution in [0.5, 0.6) is 5.88 Å². The van der Waals surface area contributed by atoms with Crippen molar-refractivity contribution in [2.24, 2.45) is 0 Å². The number of rotatable bonds is 6. The van der Waals surface area contributed by atoms with Crippen LogP contribution in [0.25, 0.3) is 0 Å². The topological polar surface area (TPSA) is 47.0 Å². The van der Waals surface area contributed by atoms with Gasteiger partial charge in [0, 0.05) is 23.8 Å². The van der Waals surface area contributed by atoms with E-state index in [0.29, 0.717) is 25.1 Å². The molecule has 1 aromatic heterocycles. The Morgan fingerprint density at radius 2 is 1.95 bits per heavy atom. The Balaban J connectivity index is 1.92. The van der Waals surface area contributed by atoms with Crippen LogP contribution >= 0.6 is 11.6 Å². The summed E-state index contributed by atoms with van der Waals surface area (Å²) in [6.07, 6.45) is 3.36. The van der Waals surface area contributed by atoms with Crippen molar-refractivity contribution in [2.75, 3.05) is 0 Å². The van der Waals surface area contributed by atoms with Gasteiger partial charge < -0.3 is 10.1 Å². The predicted octanol–water partition coefficient (Wildman–Crippen LogP) is 3.21. The van der Waals surface area contributed by atoms with E-state index in [1.54, 1.807) is 12.4 Å². The van der Waals surface area contributed by atoms with Crippen LogP contribution in [-0.2, 0) is 13.2 Å². The van der Waals surface area contributed by atoms with Crippen molar-refractivity contribution in [3.8, 4) is 5.88 Å². The average Bonchev–Trinajstić information content (AvgIpc) is 2.45. The van der Waals surface area contributed by atoms with E-state index in [1.165, 1.54) is 0 Å². The van der Waals surface area contributed by atoms with Gasteiger partial charge in [0.1, 0.15) is 6.61 Å².